The Balaban J connectivity index is 1.58. The molecule has 49 heavy (non-hydrogen) atoms. The maximum Gasteiger partial charge on any atom is 0.129 e. The zero-order chi connectivity index (χ0) is 35.1. The fourth-order valence-electron chi connectivity index (χ4n) is 7.24. The number of hydrogen-bond acceptors (Lipinski definition) is 0. The van der Waals surface area contributed by atoms with Crippen molar-refractivity contribution in [2.75, 3.05) is 0 Å². The van der Waals surface area contributed by atoms with Gasteiger partial charge in [0.15, 0.2) is 0 Å². The Morgan fingerprint density at radius 3 is 1.16 bits per heavy atom. The Morgan fingerprint density at radius 1 is 0.449 bits per heavy atom. The van der Waals surface area contributed by atoms with Crippen molar-refractivity contribution in [3.05, 3.63) is 107 Å². The van der Waals surface area contributed by atoms with Crippen molar-refractivity contribution < 1.29 is 0 Å². The Morgan fingerprint density at radius 2 is 0.816 bits per heavy atom. The summed E-state index contributed by atoms with van der Waals surface area (Å²) in [6.45, 7) is 18.5. The van der Waals surface area contributed by atoms with E-state index >= 15 is 0 Å². The van der Waals surface area contributed by atoms with Crippen LogP contribution in [0.4, 0.5) is 0 Å². The standard InChI is InChI=1S/C47H58Si2/c1-9-11-13-15-31-47(32-16-14-12-10-2)45-35-41(39-21-17-37(18-22-39)29-33-48(3,4)5)25-27-43(45)44-28-26-42(36-46(44)47)40-23-19-38(20-24-40)30-34-49(6,7)8/h17-28,35-36H,9-16,31-32H2,1-8H3. The molecule has 254 valence electrons. The summed E-state index contributed by atoms with van der Waals surface area (Å²) >= 11 is 0. The molecule has 0 fully saturated rings. The van der Waals surface area contributed by atoms with Crippen molar-refractivity contribution in [2.45, 2.75) is 123 Å². The van der Waals surface area contributed by atoms with Gasteiger partial charge >= 0.3 is 0 Å². The van der Waals surface area contributed by atoms with Gasteiger partial charge in [0, 0.05) is 16.5 Å². The van der Waals surface area contributed by atoms with Gasteiger partial charge in [-0.1, -0.05) is 165 Å². The third kappa shape index (κ3) is 9.36. The molecular weight excluding hydrogens is 621 g/mol. The number of rotatable bonds is 12. The van der Waals surface area contributed by atoms with E-state index in [0.29, 0.717) is 0 Å². The minimum atomic E-state index is -1.41. The predicted molar refractivity (Wildman–Crippen MR) is 221 cm³/mol. The van der Waals surface area contributed by atoms with Gasteiger partial charge in [-0.2, -0.15) is 0 Å². The third-order valence-corrected chi connectivity index (χ3v) is 11.6. The SMILES string of the molecule is CCCCCCC1(CCCCCC)c2cc(-c3ccc(C#C[Si](C)(C)C)cc3)ccc2-c2ccc(-c3ccc(C#C[Si](C)(C)C)cc3)cc21. The summed E-state index contributed by atoms with van der Waals surface area (Å²) in [6, 6.07) is 32.6. The first-order chi connectivity index (χ1) is 23.4. The first kappa shape index (κ1) is 36.7. The van der Waals surface area contributed by atoms with Gasteiger partial charge < -0.3 is 0 Å². The van der Waals surface area contributed by atoms with Crippen molar-refractivity contribution in [1.29, 1.82) is 0 Å². The minimum Gasteiger partial charge on any atom is -0.127 e. The van der Waals surface area contributed by atoms with Crippen LogP contribution in [0.1, 0.15) is 100 Å². The molecule has 4 aromatic carbocycles. The van der Waals surface area contributed by atoms with Gasteiger partial charge in [0.05, 0.1) is 0 Å². The largest absolute Gasteiger partial charge is 0.129 e. The topological polar surface area (TPSA) is 0 Å². The number of hydrogen-bond donors (Lipinski definition) is 0. The second-order valence-electron chi connectivity index (χ2n) is 16.4. The second kappa shape index (κ2) is 16.0. The molecule has 0 atom stereocenters. The van der Waals surface area contributed by atoms with Crippen molar-refractivity contribution in [2.24, 2.45) is 0 Å². The molecule has 5 rings (SSSR count). The summed E-state index contributed by atoms with van der Waals surface area (Å²) in [5, 5.41) is 0. The molecular formula is C47H58Si2. The van der Waals surface area contributed by atoms with E-state index in [1.165, 1.54) is 97.6 Å². The van der Waals surface area contributed by atoms with Crippen LogP contribution in [-0.2, 0) is 5.41 Å². The van der Waals surface area contributed by atoms with Crippen LogP contribution in [0.2, 0.25) is 39.3 Å². The number of unbranched alkanes of at least 4 members (excludes halogenated alkanes) is 6. The van der Waals surface area contributed by atoms with Crippen molar-refractivity contribution in [3.8, 4) is 56.3 Å². The average Bonchev–Trinajstić information content (AvgIpc) is 3.35. The molecule has 0 N–H and O–H groups in total. The lowest BCUT2D eigenvalue weighted by Gasteiger charge is -2.33. The number of benzene rings is 4. The van der Waals surface area contributed by atoms with Crippen LogP contribution in [0.3, 0.4) is 0 Å². The van der Waals surface area contributed by atoms with Gasteiger partial charge in [0.25, 0.3) is 0 Å². The zero-order valence-electron chi connectivity index (χ0n) is 31.7. The quantitative estimate of drug-likeness (QED) is 0.0795. The molecule has 0 aromatic heterocycles. The average molecular weight is 679 g/mol. The molecule has 1 aliphatic carbocycles. The van der Waals surface area contributed by atoms with E-state index in [-0.39, 0.29) is 5.41 Å². The maximum atomic E-state index is 3.52. The van der Waals surface area contributed by atoms with Gasteiger partial charge in [-0.05, 0) is 93.7 Å². The molecule has 0 bridgehead atoms. The molecule has 0 saturated carbocycles. The second-order valence-corrected chi connectivity index (χ2v) is 25.9. The van der Waals surface area contributed by atoms with E-state index in [4.69, 9.17) is 0 Å². The Labute approximate surface area is 301 Å². The highest BCUT2D eigenvalue weighted by atomic mass is 28.3. The molecule has 0 heterocycles. The Kier molecular flexibility index (Phi) is 12.0. The molecule has 0 radical (unpaired) electrons. The van der Waals surface area contributed by atoms with E-state index in [1.54, 1.807) is 11.1 Å². The van der Waals surface area contributed by atoms with E-state index in [2.05, 4.69) is 161 Å². The molecule has 0 saturated heterocycles. The van der Waals surface area contributed by atoms with Gasteiger partial charge in [-0.3, -0.25) is 0 Å². The fourth-order valence-corrected chi connectivity index (χ4v) is 8.28. The Bertz CT molecular complexity index is 1700. The van der Waals surface area contributed by atoms with Gasteiger partial charge in [0.1, 0.15) is 16.1 Å². The summed E-state index contributed by atoms with van der Waals surface area (Å²) in [4.78, 5) is 0. The lowest BCUT2D eigenvalue weighted by atomic mass is 9.70. The highest BCUT2D eigenvalue weighted by Gasteiger charge is 2.42. The van der Waals surface area contributed by atoms with Crippen molar-refractivity contribution >= 4 is 16.1 Å². The monoisotopic (exact) mass is 678 g/mol. The van der Waals surface area contributed by atoms with E-state index in [0.717, 1.165) is 11.1 Å². The molecule has 1 aliphatic rings. The zero-order valence-corrected chi connectivity index (χ0v) is 33.7. The highest BCUT2D eigenvalue weighted by Crippen LogP contribution is 2.55. The van der Waals surface area contributed by atoms with Crippen LogP contribution >= 0.6 is 0 Å². The summed E-state index contributed by atoms with van der Waals surface area (Å²) in [7, 11) is -2.83. The summed E-state index contributed by atoms with van der Waals surface area (Å²) in [5.74, 6) is 6.87. The van der Waals surface area contributed by atoms with E-state index in [1.807, 2.05) is 0 Å². The summed E-state index contributed by atoms with van der Waals surface area (Å²) in [5.41, 5.74) is 20.5. The third-order valence-electron chi connectivity index (χ3n) is 9.87. The molecule has 0 spiro atoms. The normalized spacial score (nSPS) is 13.1. The van der Waals surface area contributed by atoms with Gasteiger partial charge in [0.2, 0.25) is 0 Å². The van der Waals surface area contributed by atoms with Crippen LogP contribution in [0.5, 0.6) is 0 Å². The molecule has 4 aromatic rings. The highest BCUT2D eigenvalue weighted by molar-refractivity contribution is 6.84. The van der Waals surface area contributed by atoms with Crippen LogP contribution in [0.15, 0.2) is 84.9 Å². The summed E-state index contributed by atoms with van der Waals surface area (Å²) in [6.07, 6.45) is 12.7. The molecule has 0 nitrogen and oxygen atoms in total. The smallest absolute Gasteiger partial charge is 0.127 e. The van der Waals surface area contributed by atoms with Crippen LogP contribution < -0.4 is 0 Å². The first-order valence-corrected chi connectivity index (χ1v) is 26.0. The molecule has 2 heteroatoms. The van der Waals surface area contributed by atoms with Crippen molar-refractivity contribution in [1.82, 2.24) is 0 Å². The molecule has 0 amide bonds. The lowest BCUT2D eigenvalue weighted by Crippen LogP contribution is -2.25. The molecule has 0 aliphatic heterocycles. The van der Waals surface area contributed by atoms with Crippen molar-refractivity contribution in [3.63, 3.8) is 0 Å². The van der Waals surface area contributed by atoms with Crippen LogP contribution in [-0.4, -0.2) is 16.1 Å². The minimum absolute atomic E-state index is 0.0314. The van der Waals surface area contributed by atoms with Gasteiger partial charge in [-0.25, -0.2) is 0 Å². The fraction of sp³-hybridized carbons (Fsp3) is 0.404. The van der Waals surface area contributed by atoms with Gasteiger partial charge in [-0.15, -0.1) is 11.1 Å². The van der Waals surface area contributed by atoms with Crippen LogP contribution in [0, 0.1) is 22.9 Å². The maximum absolute atomic E-state index is 3.52. The molecule has 0 unspecified atom stereocenters. The van der Waals surface area contributed by atoms with E-state index < -0.39 is 16.1 Å². The summed E-state index contributed by atoms with van der Waals surface area (Å²) < 4.78 is 0. The number of fused-ring (bicyclic) bond motifs is 3. The first-order valence-electron chi connectivity index (χ1n) is 19.0. The van der Waals surface area contributed by atoms with Crippen LogP contribution in [0.25, 0.3) is 33.4 Å². The lowest BCUT2D eigenvalue weighted by molar-refractivity contribution is 0.401. The predicted octanol–water partition coefficient (Wildman–Crippen LogP) is 13.7. The Hall–Kier alpha value is -3.57. The van der Waals surface area contributed by atoms with E-state index in [9.17, 15) is 0 Å².